The number of halogens is 1. The zero-order valence-electron chi connectivity index (χ0n) is 10.9. The largest absolute Gasteiger partial charge is 0.353 e. The number of carbonyl (C=O) groups is 1. The molecule has 2 heterocycles. The van der Waals surface area contributed by atoms with Crippen LogP contribution in [0.5, 0.6) is 0 Å². The fourth-order valence-corrected chi connectivity index (χ4v) is 4.00. The van der Waals surface area contributed by atoms with Gasteiger partial charge in [0.2, 0.25) is 15.9 Å². The van der Waals surface area contributed by atoms with Crippen molar-refractivity contribution in [3.8, 4) is 0 Å². The topological polar surface area (TPSA) is 99.3 Å². The lowest BCUT2D eigenvalue weighted by Crippen LogP contribution is -2.63. The first-order valence-electron chi connectivity index (χ1n) is 5.87. The number of rotatable bonds is 2. The monoisotopic (exact) mass is 319 g/mol. The fourth-order valence-electron chi connectivity index (χ4n) is 2.01. The molecular weight excluding hydrogens is 306 g/mol. The maximum Gasteiger partial charge on any atom is 0.266 e. The van der Waals surface area contributed by atoms with E-state index in [-0.39, 0.29) is 28.9 Å². The van der Waals surface area contributed by atoms with Gasteiger partial charge in [0, 0.05) is 19.3 Å². The summed E-state index contributed by atoms with van der Waals surface area (Å²) in [5.41, 5.74) is -1.78. The number of H-pyrrole nitrogens is 1. The Morgan fingerprint density at radius 1 is 1.35 bits per heavy atom. The molecule has 1 aliphatic rings. The van der Waals surface area contributed by atoms with Gasteiger partial charge in [-0.15, -0.1) is 0 Å². The lowest BCUT2D eigenvalue weighted by Gasteiger charge is -2.39. The van der Waals surface area contributed by atoms with E-state index in [1.807, 2.05) is 0 Å². The molecule has 0 aliphatic carbocycles. The van der Waals surface area contributed by atoms with Gasteiger partial charge < -0.3 is 10.3 Å². The number of aromatic nitrogens is 1. The van der Waals surface area contributed by atoms with E-state index in [0.717, 1.165) is 16.6 Å². The Balaban J connectivity index is 2.51. The minimum atomic E-state index is -3.92. The number of pyridine rings is 1. The molecule has 0 atom stereocenters. The van der Waals surface area contributed by atoms with E-state index in [1.165, 1.54) is 13.8 Å². The van der Waals surface area contributed by atoms with Crippen molar-refractivity contribution in [2.75, 3.05) is 13.1 Å². The highest BCUT2D eigenvalue weighted by Crippen LogP contribution is 2.26. The lowest BCUT2D eigenvalue weighted by atomic mass is 10.0. The van der Waals surface area contributed by atoms with Crippen molar-refractivity contribution in [3.63, 3.8) is 0 Å². The summed E-state index contributed by atoms with van der Waals surface area (Å²) in [6.07, 6.45) is 1.08. The van der Waals surface area contributed by atoms with Gasteiger partial charge in [0.15, 0.2) is 0 Å². The maximum absolute atomic E-state index is 12.6. The molecular formula is C11H14ClN3O4S. The van der Waals surface area contributed by atoms with Crippen molar-refractivity contribution in [2.45, 2.75) is 24.3 Å². The van der Waals surface area contributed by atoms with Crippen molar-refractivity contribution in [3.05, 3.63) is 27.6 Å². The van der Waals surface area contributed by atoms with Crippen molar-refractivity contribution in [1.82, 2.24) is 14.6 Å². The van der Waals surface area contributed by atoms with Crippen LogP contribution in [0.4, 0.5) is 0 Å². The number of piperazine rings is 1. The average Bonchev–Trinajstić information content (AvgIpc) is 2.35. The van der Waals surface area contributed by atoms with Crippen LogP contribution in [-0.4, -0.2) is 42.2 Å². The Labute approximate surface area is 121 Å². The van der Waals surface area contributed by atoms with Crippen molar-refractivity contribution in [2.24, 2.45) is 0 Å². The zero-order chi connectivity index (χ0) is 15.1. The molecule has 0 aromatic carbocycles. The Morgan fingerprint density at radius 2 is 2.00 bits per heavy atom. The van der Waals surface area contributed by atoms with Crippen LogP contribution < -0.4 is 10.9 Å². The number of hydrogen-bond donors (Lipinski definition) is 2. The molecule has 7 nitrogen and oxygen atoms in total. The second-order valence-corrected chi connectivity index (χ2v) is 7.17. The van der Waals surface area contributed by atoms with Gasteiger partial charge in [0.1, 0.15) is 10.6 Å². The predicted octanol–water partition coefficient (Wildman–Crippen LogP) is -0.0726. The Bertz CT molecular complexity index is 711. The molecule has 1 aromatic rings. The highest BCUT2D eigenvalue weighted by Gasteiger charge is 2.45. The highest BCUT2D eigenvalue weighted by atomic mass is 35.5. The van der Waals surface area contributed by atoms with E-state index < -0.39 is 21.1 Å². The minimum absolute atomic E-state index is 0.148. The first kappa shape index (κ1) is 15.0. The number of nitrogens with one attached hydrogen (secondary N) is 2. The van der Waals surface area contributed by atoms with Crippen molar-refractivity contribution in [1.29, 1.82) is 0 Å². The molecule has 9 heteroatoms. The summed E-state index contributed by atoms with van der Waals surface area (Å²) >= 11 is 5.65. The highest BCUT2D eigenvalue weighted by molar-refractivity contribution is 7.89. The summed E-state index contributed by atoms with van der Waals surface area (Å²) in [5, 5.41) is 2.40. The fraction of sp³-hybridized carbons (Fsp3) is 0.455. The summed E-state index contributed by atoms with van der Waals surface area (Å²) in [6.45, 7) is 3.43. The summed E-state index contributed by atoms with van der Waals surface area (Å²) in [5.74, 6) is -0.372. The van der Waals surface area contributed by atoms with Crippen LogP contribution in [0.15, 0.2) is 22.0 Å². The molecule has 2 rings (SSSR count). The molecule has 0 bridgehead atoms. The molecule has 0 saturated carbocycles. The van der Waals surface area contributed by atoms with Gasteiger partial charge in [-0.1, -0.05) is 11.6 Å². The quantitative estimate of drug-likeness (QED) is 0.797. The SMILES string of the molecule is CC1(C)C(=O)NCCN1S(=O)(=O)c1c[nH]c(=O)c(Cl)c1. The molecule has 2 N–H and O–H groups in total. The molecule has 1 aromatic heterocycles. The number of nitrogens with zero attached hydrogens (tertiary/aromatic N) is 1. The molecule has 1 aliphatic heterocycles. The molecule has 0 spiro atoms. The van der Waals surface area contributed by atoms with Crippen LogP contribution in [0.2, 0.25) is 5.02 Å². The van der Waals surface area contributed by atoms with Crippen LogP contribution in [-0.2, 0) is 14.8 Å². The number of hydrogen-bond acceptors (Lipinski definition) is 4. The smallest absolute Gasteiger partial charge is 0.266 e. The minimum Gasteiger partial charge on any atom is -0.353 e. The van der Waals surface area contributed by atoms with Gasteiger partial charge >= 0.3 is 0 Å². The lowest BCUT2D eigenvalue weighted by molar-refractivity contribution is -0.131. The molecule has 0 radical (unpaired) electrons. The van der Waals surface area contributed by atoms with Crippen LogP contribution in [0, 0.1) is 0 Å². The summed E-state index contributed by atoms with van der Waals surface area (Å²) in [6, 6.07) is 1.08. The molecule has 0 unspecified atom stereocenters. The van der Waals surface area contributed by atoms with Gasteiger partial charge in [-0.3, -0.25) is 9.59 Å². The van der Waals surface area contributed by atoms with Gasteiger partial charge in [-0.2, -0.15) is 4.31 Å². The summed E-state index contributed by atoms with van der Waals surface area (Å²) in [4.78, 5) is 25.1. The Kier molecular flexibility index (Phi) is 3.66. The molecule has 1 fully saturated rings. The van der Waals surface area contributed by atoms with E-state index in [1.54, 1.807) is 0 Å². The van der Waals surface area contributed by atoms with Gasteiger partial charge in [0.25, 0.3) is 5.56 Å². The molecule has 110 valence electrons. The Morgan fingerprint density at radius 3 is 2.60 bits per heavy atom. The van der Waals surface area contributed by atoms with E-state index >= 15 is 0 Å². The van der Waals surface area contributed by atoms with E-state index in [9.17, 15) is 18.0 Å². The molecule has 20 heavy (non-hydrogen) atoms. The van der Waals surface area contributed by atoms with E-state index in [2.05, 4.69) is 10.3 Å². The second kappa shape index (κ2) is 4.87. The Hall–Kier alpha value is -1.38. The number of sulfonamides is 1. The predicted molar refractivity (Wildman–Crippen MR) is 73.1 cm³/mol. The van der Waals surface area contributed by atoms with E-state index in [4.69, 9.17) is 11.6 Å². The first-order valence-corrected chi connectivity index (χ1v) is 7.68. The average molecular weight is 320 g/mol. The van der Waals surface area contributed by atoms with Crippen molar-refractivity contribution < 1.29 is 13.2 Å². The van der Waals surface area contributed by atoms with Crippen LogP contribution in [0.25, 0.3) is 0 Å². The van der Waals surface area contributed by atoms with Gasteiger partial charge in [-0.25, -0.2) is 8.42 Å². The van der Waals surface area contributed by atoms with Crippen LogP contribution in [0.3, 0.4) is 0 Å². The first-order chi connectivity index (χ1) is 9.17. The number of carbonyl (C=O) groups excluding carboxylic acids is 1. The second-order valence-electron chi connectivity index (χ2n) is 4.90. The zero-order valence-corrected chi connectivity index (χ0v) is 12.5. The van der Waals surface area contributed by atoms with Crippen molar-refractivity contribution >= 4 is 27.5 Å². The van der Waals surface area contributed by atoms with E-state index in [0.29, 0.717) is 0 Å². The number of amides is 1. The van der Waals surface area contributed by atoms with Gasteiger partial charge in [0.05, 0.1) is 4.90 Å². The number of aromatic amines is 1. The van der Waals surface area contributed by atoms with Gasteiger partial charge in [-0.05, 0) is 19.9 Å². The standard InChI is InChI=1S/C11H14ClN3O4S/c1-11(2)10(17)13-3-4-15(11)20(18,19)7-5-8(12)9(16)14-6-7/h5-6H,3-4H2,1-2H3,(H,13,17)(H,14,16). The third-order valence-electron chi connectivity index (χ3n) is 3.20. The molecule has 1 saturated heterocycles. The third-order valence-corrected chi connectivity index (χ3v) is 5.53. The molecule has 1 amide bonds. The van der Waals surface area contributed by atoms with Crippen LogP contribution >= 0.6 is 11.6 Å². The summed E-state index contributed by atoms with van der Waals surface area (Å²) < 4.78 is 26.3. The third kappa shape index (κ3) is 2.34. The summed E-state index contributed by atoms with van der Waals surface area (Å²) in [7, 11) is -3.92. The van der Waals surface area contributed by atoms with Crippen LogP contribution in [0.1, 0.15) is 13.8 Å². The maximum atomic E-state index is 12.6. The normalized spacial score (nSPS) is 19.6.